The van der Waals surface area contributed by atoms with Crippen LogP contribution in [0, 0.1) is 18.7 Å². The minimum absolute atomic E-state index is 0.0118. The average Bonchev–Trinajstić information content (AvgIpc) is 2.97. The van der Waals surface area contributed by atoms with Crippen LogP contribution in [-0.4, -0.2) is 80.9 Å². The van der Waals surface area contributed by atoms with Gasteiger partial charge in [0.15, 0.2) is 0 Å². The lowest BCUT2D eigenvalue weighted by Crippen LogP contribution is -2.49. The number of hydrogen-bond donors (Lipinski definition) is 1. The fourth-order valence-corrected chi connectivity index (χ4v) is 6.60. The summed E-state index contributed by atoms with van der Waals surface area (Å²) in [6.07, 6.45) is 8.12. The number of aromatic nitrogens is 2. The second kappa shape index (κ2) is 12.7. The van der Waals surface area contributed by atoms with Crippen molar-refractivity contribution in [3.8, 4) is 0 Å². The van der Waals surface area contributed by atoms with Crippen LogP contribution in [0.5, 0.6) is 0 Å². The number of ether oxygens (including phenoxy) is 1. The van der Waals surface area contributed by atoms with Gasteiger partial charge in [-0.15, -0.1) is 0 Å². The van der Waals surface area contributed by atoms with Crippen molar-refractivity contribution in [1.29, 1.82) is 0 Å². The van der Waals surface area contributed by atoms with E-state index in [0.717, 1.165) is 42.3 Å². The Kier molecular flexibility index (Phi) is 9.06. The van der Waals surface area contributed by atoms with Gasteiger partial charge in [0, 0.05) is 44.8 Å². The standard InChI is InChI=1S/C30H39FN6O3S/c1-22(2)7-4-5-18-41(38,39)37-12-10-36(11-13-37)30-23(3)29(28-26(31)8-6-9-27(28)34-30)33-24-19-25(21-32-20-24)35-14-16-40-17-15-35/h4-6,8-9,19-22H,7,10-18H2,1-3H3,(H,33,34). The van der Waals surface area contributed by atoms with Crippen LogP contribution in [0.2, 0.25) is 0 Å². The lowest BCUT2D eigenvalue weighted by atomic mass is 10.1. The van der Waals surface area contributed by atoms with Crippen molar-refractivity contribution >= 4 is 43.8 Å². The predicted octanol–water partition coefficient (Wildman–Crippen LogP) is 4.71. The molecule has 1 N–H and O–H groups in total. The number of pyridine rings is 2. The summed E-state index contributed by atoms with van der Waals surface area (Å²) >= 11 is 0. The van der Waals surface area contributed by atoms with Gasteiger partial charge in [-0.2, -0.15) is 4.31 Å². The number of allylic oxidation sites excluding steroid dienone is 1. The number of morpholine rings is 1. The van der Waals surface area contributed by atoms with Crippen LogP contribution in [0.25, 0.3) is 10.9 Å². The molecule has 2 aliphatic rings. The molecule has 0 bridgehead atoms. The van der Waals surface area contributed by atoms with E-state index in [1.165, 1.54) is 6.07 Å². The third kappa shape index (κ3) is 6.79. The number of rotatable bonds is 9. The van der Waals surface area contributed by atoms with Crippen molar-refractivity contribution in [3.05, 3.63) is 60.2 Å². The largest absolute Gasteiger partial charge is 0.378 e. The van der Waals surface area contributed by atoms with Crippen LogP contribution in [0.4, 0.5) is 27.3 Å². The maximum absolute atomic E-state index is 15.2. The molecule has 0 unspecified atom stereocenters. The van der Waals surface area contributed by atoms with Gasteiger partial charge in [-0.25, -0.2) is 17.8 Å². The topological polar surface area (TPSA) is 90.9 Å². The molecule has 2 aromatic heterocycles. The molecular formula is C30H39FN6O3S. The first kappa shape index (κ1) is 29.2. The highest BCUT2D eigenvalue weighted by atomic mass is 32.2. The Balaban J connectivity index is 1.39. The fraction of sp³-hybridized carbons (Fsp3) is 0.467. The van der Waals surface area contributed by atoms with E-state index in [9.17, 15) is 8.42 Å². The number of nitrogens with zero attached hydrogens (tertiary/aromatic N) is 5. The zero-order valence-corrected chi connectivity index (χ0v) is 24.8. The number of piperazine rings is 1. The van der Waals surface area contributed by atoms with E-state index in [1.807, 2.05) is 25.3 Å². The number of hydrogen-bond acceptors (Lipinski definition) is 8. The van der Waals surface area contributed by atoms with Crippen LogP contribution in [0.1, 0.15) is 25.8 Å². The van der Waals surface area contributed by atoms with E-state index in [-0.39, 0.29) is 11.6 Å². The highest BCUT2D eigenvalue weighted by Gasteiger charge is 2.28. The highest BCUT2D eigenvalue weighted by Crippen LogP contribution is 2.37. The van der Waals surface area contributed by atoms with Gasteiger partial charge in [-0.3, -0.25) is 4.98 Å². The van der Waals surface area contributed by atoms with Gasteiger partial charge in [-0.1, -0.05) is 32.1 Å². The second-order valence-electron chi connectivity index (χ2n) is 11.0. The molecule has 0 spiro atoms. The molecule has 2 aliphatic heterocycles. The summed E-state index contributed by atoms with van der Waals surface area (Å²) < 4.78 is 48.1. The van der Waals surface area contributed by atoms with Crippen molar-refractivity contribution in [2.24, 2.45) is 5.92 Å². The lowest BCUT2D eigenvalue weighted by molar-refractivity contribution is 0.122. The SMILES string of the molecule is Cc1c(N2CCN(S(=O)(=O)CC=CCC(C)C)CC2)nc2cccc(F)c2c1Nc1cncc(N2CCOCC2)c1. The Hall–Kier alpha value is -3.28. The molecule has 0 radical (unpaired) electrons. The molecule has 11 heteroatoms. The number of fused-ring (bicyclic) bond motifs is 1. The monoisotopic (exact) mass is 582 g/mol. The van der Waals surface area contributed by atoms with Crippen molar-refractivity contribution < 1.29 is 17.5 Å². The van der Waals surface area contributed by atoms with Crippen LogP contribution in [0.3, 0.4) is 0 Å². The molecular weight excluding hydrogens is 543 g/mol. The van der Waals surface area contributed by atoms with Gasteiger partial charge >= 0.3 is 0 Å². The second-order valence-corrected chi connectivity index (χ2v) is 13.0. The van der Waals surface area contributed by atoms with Crippen LogP contribution >= 0.6 is 0 Å². The fourth-order valence-electron chi connectivity index (χ4n) is 5.29. The first-order valence-electron chi connectivity index (χ1n) is 14.2. The first-order chi connectivity index (χ1) is 19.7. The molecule has 41 heavy (non-hydrogen) atoms. The summed E-state index contributed by atoms with van der Waals surface area (Å²) in [5.74, 6) is 0.869. The quantitative estimate of drug-likeness (QED) is 0.363. The molecule has 3 aromatic rings. The van der Waals surface area contributed by atoms with E-state index >= 15 is 4.39 Å². The highest BCUT2D eigenvalue weighted by molar-refractivity contribution is 7.89. The van der Waals surface area contributed by atoms with Crippen molar-refractivity contribution in [1.82, 2.24) is 14.3 Å². The molecule has 220 valence electrons. The Labute approximate surface area is 242 Å². The molecule has 0 aliphatic carbocycles. The van der Waals surface area contributed by atoms with Crippen molar-refractivity contribution in [3.63, 3.8) is 0 Å². The molecule has 5 rings (SSSR count). The third-order valence-electron chi connectivity index (χ3n) is 7.56. The zero-order valence-electron chi connectivity index (χ0n) is 24.0. The normalized spacial score (nSPS) is 17.2. The summed E-state index contributed by atoms with van der Waals surface area (Å²) in [4.78, 5) is 13.6. The zero-order chi connectivity index (χ0) is 29.0. The lowest BCUT2D eigenvalue weighted by Gasteiger charge is -2.35. The average molecular weight is 583 g/mol. The number of anilines is 4. The molecule has 2 fully saturated rings. The van der Waals surface area contributed by atoms with E-state index in [2.05, 4.69) is 33.9 Å². The van der Waals surface area contributed by atoms with E-state index in [0.29, 0.717) is 61.9 Å². The number of sulfonamides is 1. The summed E-state index contributed by atoms with van der Waals surface area (Å²) in [5.41, 5.74) is 3.70. The summed E-state index contributed by atoms with van der Waals surface area (Å²) in [7, 11) is -3.38. The third-order valence-corrected chi connectivity index (χ3v) is 9.33. The summed E-state index contributed by atoms with van der Waals surface area (Å²) in [6.45, 7) is 10.8. The molecule has 4 heterocycles. The van der Waals surface area contributed by atoms with E-state index < -0.39 is 10.0 Å². The van der Waals surface area contributed by atoms with Gasteiger partial charge in [-0.05, 0) is 37.5 Å². The molecule has 0 amide bonds. The number of nitrogens with one attached hydrogen (secondary N) is 1. The smallest absolute Gasteiger partial charge is 0.217 e. The maximum atomic E-state index is 15.2. The predicted molar refractivity (Wildman–Crippen MR) is 163 cm³/mol. The number of halogens is 1. The van der Waals surface area contributed by atoms with Gasteiger partial charge in [0.1, 0.15) is 11.6 Å². The minimum Gasteiger partial charge on any atom is -0.378 e. The van der Waals surface area contributed by atoms with Crippen LogP contribution in [-0.2, 0) is 14.8 Å². The Morgan fingerprint density at radius 3 is 2.54 bits per heavy atom. The Bertz CT molecular complexity index is 1500. The van der Waals surface area contributed by atoms with E-state index in [1.54, 1.807) is 28.7 Å². The molecule has 1 aromatic carbocycles. The first-order valence-corrected chi connectivity index (χ1v) is 15.8. The Morgan fingerprint density at radius 1 is 1.05 bits per heavy atom. The summed E-state index contributed by atoms with van der Waals surface area (Å²) in [5, 5.41) is 3.86. The van der Waals surface area contributed by atoms with Gasteiger partial charge in [0.05, 0.1) is 59.3 Å². The molecule has 2 saturated heterocycles. The van der Waals surface area contributed by atoms with E-state index in [4.69, 9.17) is 9.72 Å². The van der Waals surface area contributed by atoms with Gasteiger partial charge in [0.25, 0.3) is 0 Å². The van der Waals surface area contributed by atoms with Crippen molar-refractivity contribution in [2.75, 3.05) is 73.4 Å². The van der Waals surface area contributed by atoms with Gasteiger partial charge < -0.3 is 19.9 Å². The van der Waals surface area contributed by atoms with Gasteiger partial charge in [0.2, 0.25) is 10.0 Å². The van der Waals surface area contributed by atoms with Crippen LogP contribution < -0.4 is 15.1 Å². The minimum atomic E-state index is -3.38. The molecule has 0 saturated carbocycles. The van der Waals surface area contributed by atoms with Crippen LogP contribution in [0.15, 0.2) is 48.8 Å². The maximum Gasteiger partial charge on any atom is 0.217 e. The molecule has 9 nitrogen and oxygen atoms in total. The Morgan fingerprint density at radius 2 is 1.80 bits per heavy atom. The van der Waals surface area contributed by atoms with Crippen molar-refractivity contribution in [2.45, 2.75) is 27.2 Å². The number of benzene rings is 1. The summed E-state index contributed by atoms with van der Waals surface area (Å²) in [6, 6.07) is 6.92. The molecule has 0 atom stereocenters.